The zero-order valence-electron chi connectivity index (χ0n) is 14.2. The zero-order chi connectivity index (χ0) is 19.6. The average Bonchev–Trinajstić information content (AvgIpc) is 2.67. The van der Waals surface area contributed by atoms with Gasteiger partial charge in [0.1, 0.15) is 5.56 Å². The van der Waals surface area contributed by atoms with Crippen LogP contribution in [0.2, 0.25) is 10.0 Å². The van der Waals surface area contributed by atoms with Crippen molar-refractivity contribution in [2.75, 3.05) is 6.61 Å². The van der Waals surface area contributed by atoms with E-state index in [4.69, 9.17) is 23.2 Å². The average molecular weight is 408 g/mol. The van der Waals surface area contributed by atoms with E-state index in [0.29, 0.717) is 27.4 Å². The molecule has 4 N–H and O–H groups in total. The smallest absolute Gasteiger partial charge is 0.395 e. The lowest BCUT2D eigenvalue weighted by molar-refractivity contribution is -0.653. The summed E-state index contributed by atoms with van der Waals surface area (Å²) in [7, 11) is 0. The van der Waals surface area contributed by atoms with Crippen molar-refractivity contribution in [2.24, 2.45) is 0 Å². The minimum atomic E-state index is -0.822. The maximum absolute atomic E-state index is 12.8. The highest BCUT2D eigenvalue weighted by Crippen LogP contribution is 2.28. The maximum Gasteiger partial charge on any atom is 0.402 e. The van der Waals surface area contributed by atoms with E-state index in [0.717, 1.165) is 11.1 Å². The van der Waals surface area contributed by atoms with Crippen LogP contribution in [0.1, 0.15) is 21.5 Å². The first-order valence-corrected chi connectivity index (χ1v) is 8.88. The van der Waals surface area contributed by atoms with Crippen molar-refractivity contribution in [1.29, 1.82) is 0 Å². The van der Waals surface area contributed by atoms with Gasteiger partial charge >= 0.3 is 5.97 Å². The lowest BCUT2D eigenvalue weighted by Crippen LogP contribution is -2.51. The Hall–Kier alpha value is -2.38. The fraction of sp³-hybridized carbons (Fsp3) is 0.158. The molecule has 1 heterocycles. The number of aliphatic hydroxyl groups excluding tert-OH is 1. The van der Waals surface area contributed by atoms with E-state index in [9.17, 15) is 14.7 Å². The summed E-state index contributed by atoms with van der Waals surface area (Å²) >= 11 is 12.3. The van der Waals surface area contributed by atoms with Crippen molar-refractivity contribution >= 4 is 40.1 Å². The first kappa shape index (κ1) is 19.4. The van der Waals surface area contributed by atoms with Gasteiger partial charge < -0.3 is 9.67 Å². The molecule has 1 aromatic heterocycles. The van der Waals surface area contributed by atoms with Gasteiger partial charge in [0, 0.05) is 18.1 Å². The molecule has 0 spiro atoms. The van der Waals surface area contributed by atoms with Gasteiger partial charge in [-0.25, -0.2) is 4.79 Å². The Balaban J connectivity index is 2.15. The van der Waals surface area contributed by atoms with E-state index in [-0.39, 0.29) is 18.7 Å². The summed E-state index contributed by atoms with van der Waals surface area (Å²) in [5.74, 6) is 2.25. The lowest BCUT2D eigenvalue weighted by Gasteiger charge is -2.13. The number of benzene rings is 2. The molecule has 0 aliphatic carbocycles. The molecular formula is C19H17Cl2N2O4+. The van der Waals surface area contributed by atoms with E-state index in [2.05, 4.69) is 10.7 Å². The number of carbonyl (C=O) groups is 1. The first-order chi connectivity index (χ1) is 13.0. The Kier molecular flexibility index (Phi) is 5.82. The topological polar surface area (TPSA) is 96.2 Å². The minimum Gasteiger partial charge on any atom is -0.395 e. The van der Waals surface area contributed by atoms with Crippen LogP contribution in [0.3, 0.4) is 0 Å². The van der Waals surface area contributed by atoms with Crippen LogP contribution in [0.15, 0.2) is 47.4 Å². The van der Waals surface area contributed by atoms with E-state index < -0.39 is 11.4 Å². The molecule has 0 fully saturated rings. The molecule has 140 valence electrons. The maximum atomic E-state index is 12.8. The molecular weight excluding hydrogens is 391 g/mol. The molecule has 3 aromatic rings. The molecule has 0 saturated carbocycles. The van der Waals surface area contributed by atoms with E-state index in [1.54, 1.807) is 28.8 Å². The zero-order valence-corrected chi connectivity index (χ0v) is 15.8. The van der Waals surface area contributed by atoms with Crippen LogP contribution in [0.25, 0.3) is 10.9 Å². The number of carbonyl (C=O) groups excluding carboxylic acids is 1. The number of hydrogen-bond acceptors (Lipinski definition) is 4. The molecule has 0 amide bonds. The summed E-state index contributed by atoms with van der Waals surface area (Å²) in [4.78, 5) is 29.1. The molecule has 8 heteroatoms. The number of halogens is 2. The highest BCUT2D eigenvalue weighted by atomic mass is 35.5. The number of aromatic nitrogens is 1. The molecule has 3 rings (SSSR count). The summed E-state index contributed by atoms with van der Waals surface area (Å²) in [5, 5.41) is 10.6. The summed E-state index contributed by atoms with van der Waals surface area (Å²) in [5.41, 5.74) is 1.68. The van der Waals surface area contributed by atoms with E-state index in [1.165, 1.54) is 6.20 Å². The Morgan fingerprint density at radius 1 is 1.22 bits per heavy atom. The minimum absolute atomic E-state index is 0.135. The molecule has 0 bridgehead atoms. The SMILES string of the molecule is [NH3+]OC(=O)c1cn(CCO)c2ccc(Cc3cccc(Cl)c3Cl)cc2c1=O. The molecule has 27 heavy (non-hydrogen) atoms. The van der Waals surface area contributed by atoms with E-state index >= 15 is 0 Å². The first-order valence-electron chi connectivity index (χ1n) is 8.12. The fourth-order valence-corrected chi connectivity index (χ4v) is 3.36. The van der Waals surface area contributed by atoms with Gasteiger partial charge in [-0.15, -0.1) is 0 Å². The van der Waals surface area contributed by atoms with Gasteiger partial charge in [0.05, 0.1) is 22.2 Å². The molecule has 0 unspecified atom stereocenters. The van der Waals surface area contributed by atoms with Gasteiger partial charge in [0.2, 0.25) is 5.43 Å². The van der Waals surface area contributed by atoms with Crippen molar-refractivity contribution in [2.45, 2.75) is 13.0 Å². The third-order valence-corrected chi connectivity index (χ3v) is 5.12. The largest absolute Gasteiger partial charge is 0.402 e. The second kappa shape index (κ2) is 8.10. The summed E-state index contributed by atoms with van der Waals surface area (Å²) < 4.78 is 1.64. The van der Waals surface area contributed by atoms with Gasteiger partial charge in [-0.1, -0.05) is 41.4 Å². The molecule has 2 aromatic carbocycles. The Bertz CT molecular complexity index is 1080. The van der Waals surface area contributed by atoms with Crippen LogP contribution >= 0.6 is 23.2 Å². The Labute approximate surface area is 164 Å². The van der Waals surface area contributed by atoms with Crippen molar-refractivity contribution in [3.8, 4) is 0 Å². The third-order valence-electron chi connectivity index (χ3n) is 4.26. The highest BCUT2D eigenvalue weighted by Gasteiger charge is 2.18. The number of nitrogens with zero attached hydrogens (tertiary/aromatic N) is 1. The van der Waals surface area contributed by atoms with Gasteiger partial charge in [-0.2, -0.15) is 5.90 Å². The summed E-state index contributed by atoms with van der Waals surface area (Å²) in [6.45, 7) is 0.0877. The van der Waals surface area contributed by atoms with Gasteiger partial charge in [0.15, 0.2) is 0 Å². The second-order valence-corrected chi connectivity index (χ2v) is 6.75. The quantitative estimate of drug-likeness (QED) is 0.633. The number of rotatable bonds is 5. The molecule has 0 aliphatic rings. The van der Waals surface area contributed by atoms with Crippen molar-refractivity contribution in [3.05, 3.63) is 79.6 Å². The number of pyridine rings is 1. The molecule has 0 aliphatic heterocycles. The molecule has 0 radical (unpaired) electrons. The Morgan fingerprint density at radius 2 is 2.00 bits per heavy atom. The van der Waals surface area contributed by atoms with Crippen molar-refractivity contribution in [1.82, 2.24) is 4.57 Å². The van der Waals surface area contributed by atoms with Crippen LogP contribution in [-0.2, 0) is 17.8 Å². The van der Waals surface area contributed by atoms with Crippen LogP contribution in [0.4, 0.5) is 0 Å². The van der Waals surface area contributed by atoms with E-state index in [1.807, 2.05) is 12.1 Å². The van der Waals surface area contributed by atoms with Crippen LogP contribution in [0, 0.1) is 0 Å². The molecule has 0 atom stereocenters. The number of quaternary nitrogens is 1. The number of hydrogen-bond donors (Lipinski definition) is 2. The van der Waals surface area contributed by atoms with Crippen LogP contribution in [-0.4, -0.2) is 22.2 Å². The van der Waals surface area contributed by atoms with Gasteiger partial charge in [-0.3, -0.25) is 9.63 Å². The fourth-order valence-electron chi connectivity index (χ4n) is 2.98. The van der Waals surface area contributed by atoms with Crippen LogP contribution in [0.5, 0.6) is 0 Å². The lowest BCUT2D eigenvalue weighted by atomic mass is 10.0. The number of fused-ring (bicyclic) bond motifs is 1. The van der Waals surface area contributed by atoms with Gasteiger partial charge in [0.25, 0.3) is 0 Å². The monoisotopic (exact) mass is 407 g/mol. The number of aliphatic hydroxyl groups is 1. The van der Waals surface area contributed by atoms with Gasteiger partial charge in [-0.05, 0) is 35.7 Å². The normalized spacial score (nSPS) is 11.0. The molecule has 0 saturated heterocycles. The summed E-state index contributed by atoms with van der Waals surface area (Å²) in [6, 6.07) is 10.7. The summed E-state index contributed by atoms with van der Waals surface area (Å²) in [6.07, 6.45) is 1.85. The third kappa shape index (κ3) is 3.84. The van der Waals surface area contributed by atoms with Crippen molar-refractivity contribution < 1.29 is 20.6 Å². The van der Waals surface area contributed by atoms with Crippen molar-refractivity contribution in [3.63, 3.8) is 0 Å². The highest BCUT2D eigenvalue weighted by molar-refractivity contribution is 6.42. The second-order valence-electron chi connectivity index (χ2n) is 5.96. The predicted molar refractivity (Wildman–Crippen MR) is 103 cm³/mol. The molecule has 6 nitrogen and oxygen atoms in total. The predicted octanol–water partition coefficient (Wildman–Crippen LogP) is 2.21. The standard InChI is InChI=1S/C19H17Cl2N2O4/c20-15-3-1-2-12(17(15)21)8-11-4-5-16-13(9-11)18(25)14(19(26)27-22)10-23(16)6-7-24/h1-5,9-10,24H,6-8H2,22H3/q+1. The van der Waals surface area contributed by atoms with Crippen LogP contribution < -0.4 is 11.3 Å². The Morgan fingerprint density at radius 3 is 2.70 bits per heavy atom.